The molecule has 0 aromatic carbocycles. The van der Waals surface area contributed by atoms with Crippen LogP contribution in [-0.2, 0) is 20.9 Å². The summed E-state index contributed by atoms with van der Waals surface area (Å²) >= 11 is 0. The van der Waals surface area contributed by atoms with E-state index >= 15 is 0 Å². The molecule has 0 saturated carbocycles. The van der Waals surface area contributed by atoms with Crippen LogP contribution in [0.25, 0.3) is 0 Å². The van der Waals surface area contributed by atoms with Gasteiger partial charge >= 0.3 is 11.8 Å². The molecule has 0 spiro atoms. The highest BCUT2D eigenvalue weighted by Gasteiger charge is 2.34. The maximum absolute atomic E-state index is 12.1. The van der Waals surface area contributed by atoms with Gasteiger partial charge in [-0.2, -0.15) is 0 Å². The van der Waals surface area contributed by atoms with Gasteiger partial charge in [0.15, 0.2) is 0 Å². The van der Waals surface area contributed by atoms with Gasteiger partial charge in [0.1, 0.15) is 12.2 Å². The van der Waals surface area contributed by atoms with Crippen LogP contribution >= 0.6 is 0 Å². The zero-order valence-corrected chi connectivity index (χ0v) is 11.6. The Hall–Kier alpha value is -2.45. The molecule has 1 saturated heterocycles. The zero-order valence-electron chi connectivity index (χ0n) is 11.6. The Balaban J connectivity index is 1.91. The third-order valence-electron chi connectivity index (χ3n) is 3.44. The van der Waals surface area contributed by atoms with Crippen LogP contribution in [0, 0.1) is 10.1 Å². The number of hydrogen-bond donors (Lipinski definition) is 0. The third-order valence-corrected chi connectivity index (χ3v) is 3.44. The Morgan fingerprint density at radius 3 is 2.95 bits per heavy atom. The number of carbonyl (C=O) groups excluding carboxylic acids is 2. The highest BCUT2D eigenvalue weighted by atomic mass is 16.6. The van der Waals surface area contributed by atoms with Gasteiger partial charge < -0.3 is 24.3 Å². The molecule has 0 radical (unpaired) electrons. The number of likely N-dealkylation sites (tertiary alicyclic amines) is 1. The van der Waals surface area contributed by atoms with Crippen molar-refractivity contribution in [3.8, 4) is 0 Å². The predicted octanol–water partition coefficient (Wildman–Crippen LogP) is 0.345. The van der Waals surface area contributed by atoms with Crippen molar-refractivity contribution in [1.82, 2.24) is 14.5 Å². The molecule has 1 atom stereocenters. The molecule has 1 aromatic rings. The summed E-state index contributed by atoms with van der Waals surface area (Å²) in [5.74, 6) is -0.825. The molecule has 1 amide bonds. The number of amides is 1. The minimum atomic E-state index is -0.591. The second-order valence-corrected chi connectivity index (χ2v) is 4.75. The standard InChI is InChI=1S/C12H16N4O5/c1-21-12(18)9-3-2-5-15(9)11(17)4-6-14-7-10(13-8-14)16(19)20/h7-9H,2-6H2,1H3. The van der Waals surface area contributed by atoms with E-state index in [9.17, 15) is 19.7 Å². The average molecular weight is 296 g/mol. The number of esters is 1. The van der Waals surface area contributed by atoms with Crippen LogP contribution in [0.2, 0.25) is 0 Å². The lowest BCUT2D eigenvalue weighted by molar-refractivity contribution is -0.389. The predicted molar refractivity (Wildman–Crippen MR) is 70.2 cm³/mol. The molecule has 2 heterocycles. The molecule has 0 bridgehead atoms. The Morgan fingerprint density at radius 1 is 1.57 bits per heavy atom. The van der Waals surface area contributed by atoms with E-state index in [2.05, 4.69) is 9.72 Å². The van der Waals surface area contributed by atoms with Crippen molar-refractivity contribution in [3.63, 3.8) is 0 Å². The lowest BCUT2D eigenvalue weighted by Gasteiger charge is -2.22. The van der Waals surface area contributed by atoms with Crippen molar-refractivity contribution < 1.29 is 19.2 Å². The minimum Gasteiger partial charge on any atom is -0.467 e. The van der Waals surface area contributed by atoms with E-state index in [1.807, 2.05) is 0 Å². The fraction of sp³-hybridized carbons (Fsp3) is 0.583. The van der Waals surface area contributed by atoms with Crippen LogP contribution in [0.5, 0.6) is 0 Å². The van der Waals surface area contributed by atoms with E-state index < -0.39 is 16.9 Å². The fourth-order valence-electron chi connectivity index (χ4n) is 2.38. The number of hydrogen-bond acceptors (Lipinski definition) is 6. The molecule has 21 heavy (non-hydrogen) atoms. The van der Waals surface area contributed by atoms with E-state index in [-0.39, 0.29) is 24.7 Å². The van der Waals surface area contributed by atoms with Gasteiger partial charge in [0.2, 0.25) is 12.2 Å². The Kier molecular flexibility index (Phi) is 4.51. The Labute approximate surface area is 120 Å². The summed E-state index contributed by atoms with van der Waals surface area (Å²) in [6.07, 6.45) is 4.11. The minimum absolute atomic E-state index is 0.154. The molecule has 1 fully saturated rings. The van der Waals surface area contributed by atoms with Crippen molar-refractivity contribution in [2.45, 2.75) is 31.8 Å². The molecular weight excluding hydrogens is 280 g/mol. The maximum Gasteiger partial charge on any atom is 0.381 e. The van der Waals surface area contributed by atoms with Gasteiger partial charge in [-0.15, -0.1) is 0 Å². The second-order valence-electron chi connectivity index (χ2n) is 4.75. The fourth-order valence-corrected chi connectivity index (χ4v) is 2.38. The van der Waals surface area contributed by atoms with Crippen LogP contribution in [0.1, 0.15) is 19.3 Å². The maximum atomic E-state index is 12.1. The van der Waals surface area contributed by atoms with Gasteiger partial charge in [0.05, 0.1) is 7.11 Å². The molecule has 0 aliphatic carbocycles. The largest absolute Gasteiger partial charge is 0.467 e. The summed E-state index contributed by atoms with van der Waals surface area (Å²) in [6, 6.07) is -0.514. The molecule has 9 heteroatoms. The van der Waals surface area contributed by atoms with Gasteiger partial charge in [-0.25, -0.2) is 4.79 Å². The molecule has 114 valence electrons. The summed E-state index contributed by atoms with van der Waals surface area (Å²) in [5.41, 5.74) is 0. The summed E-state index contributed by atoms with van der Waals surface area (Å²) in [7, 11) is 1.30. The first kappa shape index (κ1) is 14.9. The van der Waals surface area contributed by atoms with Gasteiger partial charge in [-0.3, -0.25) is 4.79 Å². The number of rotatable bonds is 5. The second kappa shape index (κ2) is 6.33. The number of aromatic nitrogens is 2. The SMILES string of the molecule is COC(=O)C1CCCN1C(=O)CCn1cnc([N+](=O)[O-])c1. The first-order valence-electron chi connectivity index (χ1n) is 6.56. The van der Waals surface area contributed by atoms with Crippen LogP contribution in [0.3, 0.4) is 0 Å². The molecule has 0 N–H and O–H groups in total. The number of aryl methyl sites for hydroxylation is 1. The Bertz CT molecular complexity index is 556. The normalized spacial score (nSPS) is 17.8. The molecule has 2 rings (SSSR count). The summed E-state index contributed by atoms with van der Waals surface area (Å²) in [4.78, 5) is 38.8. The molecule has 1 unspecified atom stereocenters. The van der Waals surface area contributed by atoms with Crippen molar-refractivity contribution in [1.29, 1.82) is 0 Å². The third kappa shape index (κ3) is 3.36. The van der Waals surface area contributed by atoms with Crippen molar-refractivity contribution in [2.24, 2.45) is 0 Å². The molecule has 1 aliphatic heterocycles. The van der Waals surface area contributed by atoms with Crippen molar-refractivity contribution >= 4 is 17.7 Å². The van der Waals surface area contributed by atoms with Crippen LogP contribution < -0.4 is 0 Å². The monoisotopic (exact) mass is 296 g/mol. The lowest BCUT2D eigenvalue weighted by atomic mass is 10.2. The molecular formula is C12H16N4O5. The number of methoxy groups -OCH3 is 1. The van der Waals surface area contributed by atoms with Gasteiger partial charge in [-0.05, 0) is 22.7 Å². The van der Waals surface area contributed by atoms with Crippen LogP contribution in [0.15, 0.2) is 12.5 Å². The summed E-state index contributed by atoms with van der Waals surface area (Å²) in [5, 5.41) is 10.5. The van der Waals surface area contributed by atoms with Crippen LogP contribution in [0.4, 0.5) is 5.82 Å². The van der Waals surface area contributed by atoms with E-state index in [0.29, 0.717) is 13.0 Å². The van der Waals surface area contributed by atoms with E-state index in [1.54, 1.807) is 0 Å². The average Bonchev–Trinajstić information content (AvgIpc) is 3.12. The number of imidazole rings is 1. The van der Waals surface area contributed by atoms with E-state index in [0.717, 1.165) is 6.42 Å². The molecule has 1 aromatic heterocycles. The smallest absolute Gasteiger partial charge is 0.381 e. The highest BCUT2D eigenvalue weighted by molar-refractivity contribution is 5.85. The van der Waals surface area contributed by atoms with Gasteiger partial charge in [-0.1, -0.05) is 0 Å². The van der Waals surface area contributed by atoms with Crippen LogP contribution in [-0.4, -0.2) is 50.9 Å². The topological polar surface area (TPSA) is 108 Å². The lowest BCUT2D eigenvalue weighted by Crippen LogP contribution is -2.41. The van der Waals surface area contributed by atoms with Crippen molar-refractivity contribution in [3.05, 3.63) is 22.6 Å². The summed E-state index contributed by atoms with van der Waals surface area (Å²) in [6.45, 7) is 0.812. The number of nitrogens with zero attached hydrogens (tertiary/aromatic N) is 4. The summed E-state index contributed by atoms with van der Waals surface area (Å²) < 4.78 is 6.17. The number of carbonyl (C=O) groups is 2. The zero-order chi connectivity index (χ0) is 15.4. The van der Waals surface area contributed by atoms with Gasteiger partial charge in [0.25, 0.3) is 0 Å². The van der Waals surface area contributed by atoms with Crippen molar-refractivity contribution in [2.75, 3.05) is 13.7 Å². The van der Waals surface area contributed by atoms with E-state index in [4.69, 9.17) is 0 Å². The van der Waals surface area contributed by atoms with Gasteiger partial charge in [0, 0.05) is 19.5 Å². The van der Waals surface area contributed by atoms with E-state index in [1.165, 1.54) is 29.1 Å². The first-order valence-corrected chi connectivity index (χ1v) is 6.56. The quantitative estimate of drug-likeness (QED) is 0.440. The number of ether oxygens (including phenoxy) is 1. The number of nitro groups is 1. The highest BCUT2D eigenvalue weighted by Crippen LogP contribution is 2.19. The first-order chi connectivity index (χ1) is 10.0. The Morgan fingerprint density at radius 2 is 2.33 bits per heavy atom. The molecule has 9 nitrogen and oxygen atoms in total. The molecule has 1 aliphatic rings.